The highest BCUT2D eigenvalue weighted by molar-refractivity contribution is 7.97. The lowest BCUT2D eigenvalue weighted by Crippen LogP contribution is -2.67. The van der Waals surface area contributed by atoms with Crippen LogP contribution in [-0.4, -0.2) is 31.0 Å². The Labute approximate surface area is 136 Å². The lowest BCUT2D eigenvalue weighted by Gasteiger charge is -2.54. The quantitative estimate of drug-likeness (QED) is 0.893. The number of hydrogen-bond donors (Lipinski definition) is 2. The number of hydrogen-bond acceptors (Lipinski definition) is 3. The highest BCUT2D eigenvalue weighted by Crippen LogP contribution is 2.52. The van der Waals surface area contributed by atoms with Crippen LogP contribution in [0.3, 0.4) is 0 Å². The fourth-order valence-corrected chi connectivity index (χ4v) is 4.34. The first-order chi connectivity index (χ1) is 10.5. The van der Waals surface area contributed by atoms with E-state index in [0.29, 0.717) is 12.0 Å². The Morgan fingerprint density at radius 1 is 1.45 bits per heavy atom. The molecule has 1 aliphatic carbocycles. The topological polar surface area (TPSA) is 50.4 Å². The van der Waals surface area contributed by atoms with Gasteiger partial charge in [0.25, 0.3) is 0 Å². The van der Waals surface area contributed by atoms with E-state index in [4.69, 9.17) is 4.74 Å². The molecule has 2 aliphatic rings. The average Bonchev–Trinajstić information content (AvgIpc) is 2.92. The molecule has 1 saturated carbocycles. The average molecular weight is 320 g/mol. The predicted molar refractivity (Wildman–Crippen MR) is 91.2 cm³/mol. The zero-order valence-electron chi connectivity index (χ0n) is 13.4. The number of fused-ring (bicyclic) bond motifs is 1. The first-order valence-electron chi connectivity index (χ1n) is 7.79. The normalized spacial score (nSPS) is 28.6. The Kier molecular flexibility index (Phi) is 4.37. The van der Waals surface area contributed by atoms with Crippen LogP contribution in [0.25, 0.3) is 0 Å². The number of rotatable bonds is 4. The van der Waals surface area contributed by atoms with E-state index in [0.717, 1.165) is 24.5 Å². The third kappa shape index (κ3) is 2.84. The van der Waals surface area contributed by atoms with E-state index in [9.17, 15) is 4.79 Å². The van der Waals surface area contributed by atoms with Gasteiger partial charge in [0.2, 0.25) is 0 Å². The molecule has 0 radical (unpaired) electrons. The van der Waals surface area contributed by atoms with E-state index in [1.807, 2.05) is 18.2 Å². The summed E-state index contributed by atoms with van der Waals surface area (Å²) in [5.74, 6) is 1.41. The molecule has 1 heterocycles. The molecule has 1 aliphatic heterocycles. The van der Waals surface area contributed by atoms with Gasteiger partial charge in [-0.05, 0) is 30.4 Å². The van der Waals surface area contributed by atoms with Crippen molar-refractivity contribution in [1.82, 2.24) is 5.32 Å². The van der Waals surface area contributed by atoms with Crippen LogP contribution in [0.5, 0.6) is 0 Å². The van der Waals surface area contributed by atoms with Gasteiger partial charge in [0, 0.05) is 35.4 Å². The molecule has 0 bridgehead atoms. The molecule has 120 valence electrons. The number of nitrogens with one attached hydrogen (secondary N) is 2. The third-order valence-corrected chi connectivity index (χ3v) is 5.50. The van der Waals surface area contributed by atoms with Crippen molar-refractivity contribution in [2.45, 2.75) is 38.2 Å². The zero-order chi connectivity index (χ0) is 15.7. The number of urea groups is 1. The maximum Gasteiger partial charge on any atom is 0.319 e. The van der Waals surface area contributed by atoms with Crippen LogP contribution in [0.15, 0.2) is 24.3 Å². The number of amides is 2. The van der Waals surface area contributed by atoms with Crippen molar-refractivity contribution >= 4 is 23.5 Å². The summed E-state index contributed by atoms with van der Waals surface area (Å²) >= 11 is 1.77. The Morgan fingerprint density at radius 2 is 2.27 bits per heavy atom. The van der Waals surface area contributed by atoms with E-state index in [2.05, 4.69) is 36.8 Å². The van der Waals surface area contributed by atoms with Crippen molar-refractivity contribution in [3.8, 4) is 0 Å². The molecule has 0 unspecified atom stereocenters. The summed E-state index contributed by atoms with van der Waals surface area (Å²) in [6, 6.07) is 8.09. The second-order valence-electron chi connectivity index (χ2n) is 6.77. The minimum absolute atomic E-state index is 0.0131. The maximum atomic E-state index is 12.3. The summed E-state index contributed by atoms with van der Waals surface area (Å²) in [6.45, 7) is 5.16. The summed E-state index contributed by atoms with van der Waals surface area (Å²) in [5.41, 5.74) is 2.08. The fourth-order valence-electron chi connectivity index (χ4n) is 3.83. The third-order valence-electron chi connectivity index (χ3n) is 4.88. The van der Waals surface area contributed by atoms with Crippen LogP contribution < -0.4 is 10.6 Å². The first-order valence-corrected chi connectivity index (χ1v) is 9.19. The molecule has 2 fully saturated rings. The van der Waals surface area contributed by atoms with E-state index in [-0.39, 0.29) is 17.5 Å². The second kappa shape index (κ2) is 6.13. The van der Waals surface area contributed by atoms with Gasteiger partial charge in [0.15, 0.2) is 0 Å². The molecular formula is C17H24N2O2S. The highest BCUT2D eigenvalue weighted by atomic mass is 32.2. The SMILES string of the molecule is CSCc1cccc(NC(=O)N[C@@H]2[C@H]3CCO[C@@H]3C2(C)C)c1. The molecule has 22 heavy (non-hydrogen) atoms. The van der Waals surface area contributed by atoms with Crippen LogP contribution >= 0.6 is 11.8 Å². The lowest BCUT2D eigenvalue weighted by molar-refractivity contribution is -0.107. The van der Waals surface area contributed by atoms with Gasteiger partial charge in [-0.25, -0.2) is 4.79 Å². The highest BCUT2D eigenvalue weighted by Gasteiger charge is 2.59. The van der Waals surface area contributed by atoms with Gasteiger partial charge in [-0.3, -0.25) is 0 Å². The molecule has 3 rings (SSSR count). The molecule has 1 aromatic carbocycles. The maximum absolute atomic E-state index is 12.3. The van der Waals surface area contributed by atoms with Crippen LogP contribution in [0.4, 0.5) is 10.5 Å². The molecular weight excluding hydrogens is 296 g/mol. The number of carbonyl (C=O) groups is 1. The fraction of sp³-hybridized carbons (Fsp3) is 0.588. The van der Waals surface area contributed by atoms with E-state index in [1.54, 1.807) is 11.8 Å². The van der Waals surface area contributed by atoms with Gasteiger partial charge in [-0.1, -0.05) is 26.0 Å². The minimum atomic E-state index is -0.121. The smallest absolute Gasteiger partial charge is 0.319 e. The van der Waals surface area contributed by atoms with Crippen LogP contribution in [0.1, 0.15) is 25.8 Å². The molecule has 4 nitrogen and oxygen atoms in total. The number of benzene rings is 1. The summed E-state index contributed by atoms with van der Waals surface area (Å²) in [4.78, 5) is 12.3. The number of ether oxygens (including phenoxy) is 1. The van der Waals surface area contributed by atoms with E-state index < -0.39 is 0 Å². The van der Waals surface area contributed by atoms with Gasteiger partial charge in [-0.15, -0.1) is 0 Å². The Balaban J connectivity index is 1.60. The van der Waals surface area contributed by atoms with Crippen molar-refractivity contribution in [2.75, 3.05) is 18.2 Å². The molecule has 5 heteroatoms. The Morgan fingerprint density at radius 3 is 3.05 bits per heavy atom. The van der Waals surface area contributed by atoms with Gasteiger partial charge < -0.3 is 15.4 Å². The van der Waals surface area contributed by atoms with E-state index >= 15 is 0 Å². The molecule has 1 aromatic rings. The van der Waals surface area contributed by atoms with Crippen molar-refractivity contribution in [2.24, 2.45) is 11.3 Å². The predicted octanol–water partition coefficient (Wildman–Crippen LogP) is 3.48. The lowest BCUT2D eigenvalue weighted by atomic mass is 9.57. The van der Waals surface area contributed by atoms with Crippen molar-refractivity contribution in [3.05, 3.63) is 29.8 Å². The van der Waals surface area contributed by atoms with E-state index in [1.165, 1.54) is 5.56 Å². The van der Waals surface area contributed by atoms with Crippen LogP contribution in [-0.2, 0) is 10.5 Å². The zero-order valence-corrected chi connectivity index (χ0v) is 14.2. The van der Waals surface area contributed by atoms with Crippen molar-refractivity contribution in [3.63, 3.8) is 0 Å². The Hall–Kier alpha value is -1.20. The summed E-state index contributed by atoms with van der Waals surface area (Å²) < 4.78 is 5.77. The summed E-state index contributed by atoms with van der Waals surface area (Å²) in [6.07, 6.45) is 3.41. The molecule has 2 amide bonds. The molecule has 0 spiro atoms. The largest absolute Gasteiger partial charge is 0.377 e. The number of carbonyl (C=O) groups excluding carboxylic acids is 1. The molecule has 0 aromatic heterocycles. The second-order valence-corrected chi connectivity index (χ2v) is 7.64. The van der Waals surface area contributed by atoms with Crippen molar-refractivity contribution < 1.29 is 9.53 Å². The van der Waals surface area contributed by atoms with Crippen LogP contribution in [0, 0.1) is 11.3 Å². The summed E-state index contributed by atoms with van der Waals surface area (Å²) in [5, 5.41) is 6.10. The molecule has 1 saturated heterocycles. The van der Waals surface area contributed by atoms with Crippen LogP contribution in [0.2, 0.25) is 0 Å². The van der Waals surface area contributed by atoms with Gasteiger partial charge in [-0.2, -0.15) is 11.8 Å². The van der Waals surface area contributed by atoms with Crippen molar-refractivity contribution in [1.29, 1.82) is 0 Å². The molecule has 2 N–H and O–H groups in total. The first kappa shape index (κ1) is 15.7. The Bertz CT molecular complexity index is 561. The van der Waals surface area contributed by atoms with Gasteiger partial charge in [0.05, 0.1) is 6.10 Å². The minimum Gasteiger partial charge on any atom is -0.377 e. The molecule has 3 atom stereocenters. The number of anilines is 1. The monoisotopic (exact) mass is 320 g/mol. The standard InChI is InChI=1S/C17H24N2O2S/c1-17(2)14(13-7-8-21-15(13)17)19-16(20)18-12-6-4-5-11(9-12)10-22-3/h4-6,9,13-15H,7-8,10H2,1-3H3,(H2,18,19,20)/t13-,14-,15+/m1/s1. The summed E-state index contributed by atoms with van der Waals surface area (Å²) in [7, 11) is 0. The number of thioether (sulfide) groups is 1. The van der Waals surface area contributed by atoms with Gasteiger partial charge in [0.1, 0.15) is 0 Å². The van der Waals surface area contributed by atoms with Gasteiger partial charge >= 0.3 is 6.03 Å².